The van der Waals surface area contributed by atoms with Crippen LogP contribution in [0.5, 0.6) is 0 Å². The van der Waals surface area contributed by atoms with Gasteiger partial charge in [-0.25, -0.2) is 0 Å². The van der Waals surface area contributed by atoms with E-state index in [0.717, 1.165) is 6.54 Å². The molecule has 0 amide bonds. The lowest BCUT2D eigenvalue weighted by Gasteiger charge is -2.29. The molecule has 80 valence electrons. The van der Waals surface area contributed by atoms with Crippen LogP contribution in [0.4, 0.5) is 0 Å². The molecule has 0 bridgehead atoms. The van der Waals surface area contributed by atoms with Crippen LogP contribution in [0.2, 0.25) is 0 Å². The minimum Gasteiger partial charge on any atom is -0.391 e. The lowest BCUT2D eigenvalue weighted by molar-refractivity contribution is 0.0568. The van der Waals surface area contributed by atoms with Gasteiger partial charge in [-0.2, -0.15) is 0 Å². The SMILES string of the molecule is CCNC(C)C(O)C(CN)C(C)C. The number of rotatable bonds is 6. The number of aliphatic hydroxyl groups excluding tert-OH is 1. The molecule has 0 fully saturated rings. The van der Waals surface area contributed by atoms with Crippen molar-refractivity contribution in [3.8, 4) is 0 Å². The van der Waals surface area contributed by atoms with Gasteiger partial charge in [0, 0.05) is 12.0 Å². The van der Waals surface area contributed by atoms with Gasteiger partial charge in [-0.05, 0) is 25.9 Å². The van der Waals surface area contributed by atoms with E-state index in [1.807, 2.05) is 13.8 Å². The van der Waals surface area contributed by atoms with Crippen LogP contribution in [0.1, 0.15) is 27.7 Å². The molecule has 0 aliphatic carbocycles. The fraction of sp³-hybridized carbons (Fsp3) is 1.00. The van der Waals surface area contributed by atoms with E-state index < -0.39 is 0 Å². The molecular weight excluding hydrogens is 164 g/mol. The van der Waals surface area contributed by atoms with Crippen LogP contribution in [-0.2, 0) is 0 Å². The Bertz CT molecular complexity index is 128. The third-order valence-corrected chi connectivity index (χ3v) is 2.61. The number of likely N-dealkylation sites (N-methyl/N-ethyl adjacent to an activating group) is 1. The van der Waals surface area contributed by atoms with Crippen molar-refractivity contribution in [1.82, 2.24) is 5.32 Å². The minimum atomic E-state index is -0.343. The molecule has 0 saturated heterocycles. The Morgan fingerprint density at radius 2 is 1.85 bits per heavy atom. The van der Waals surface area contributed by atoms with Crippen LogP contribution in [0.15, 0.2) is 0 Å². The van der Waals surface area contributed by atoms with Gasteiger partial charge >= 0.3 is 0 Å². The molecule has 0 heterocycles. The number of nitrogens with one attached hydrogen (secondary N) is 1. The highest BCUT2D eigenvalue weighted by Crippen LogP contribution is 2.16. The van der Waals surface area contributed by atoms with Crippen molar-refractivity contribution in [1.29, 1.82) is 0 Å². The van der Waals surface area contributed by atoms with E-state index in [1.165, 1.54) is 0 Å². The molecule has 0 aromatic carbocycles. The summed E-state index contributed by atoms with van der Waals surface area (Å²) in [7, 11) is 0. The molecule has 3 nitrogen and oxygen atoms in total. The molecule has 0 aliphatic rings. The Kier molecular flexibility index (Phi) is 6.29. The molecule has 0 aromatic heterocycles. The van der Waals surface area contributed by atoms with Gasteiger partial charge in [-0.1, -0.05) is 20.8 Å². The standard InChI is InChI=1S/C10H24N2O/c1-5-12-8(4)10(13)9(6-11)7(2)3/h7-10,12-13H,5-6,11H2,1-4H3. The first-order valence-electron chi connectivity index (χ1n) is 5.16. The van der Waals surface area contributed by atoms with Gasteiger partial charge in [0.05, 0.1) is 6.10 Å². The molecule has 0 spiro atoms. The molecule has 0 rings (SSSR count). The summed E-state index contributed by atoms with van der Waals surface area (Å²) in [6.07, 6.45) is -0.343. The zero-order chi connectivity index (χ0) is 10.4. The largest absolute Gasteiger partial charge is 0.391 e. The summed E-state index contributed by atoms with van der Waals surface area (Å²) >= 11 is 0. The summed E-state index contributed by atoms with van der Waals surface area (Å²) < 4.78 is 0. The number of aliphatic hydroxyl groups is 1. The average molecular weight is 188 g/mol. The quantitative estimate of drug-likeness (QED) is 0.571. The lowest BCUT2D eigenvalue weighted by Crippen LogP contribution is -2.45. The van der Waals surface area contributed by atoms with E-state index in [4.69, 9.17) is 5.73 Å². The smallest absolute Gasteiger partial charge is 0.0733 e. The van der Waals surface area contributed by atoms with Crippen molar-refractivity contribution in [3.63, 3.8) is 0 Å². The highest BCUT2D eigenvalue weighted by molar-refractivity contribution is 4.80. The molecule has 0 aliphatic heterocycles. The summed E-state index contributed by atoms with van der Waals surface area (Å²) in [4.78, 5) is 0. The third kappa shape index (κ3) is 4.07. The molecule has 3 heteroatoms. The molecule has 0 radical (unpaired) electrons. The van der Waals surface area contributed by atoms with E-state index in [9.17, 15) is 5.11 Å². The predicted molar refractivity (Wildman–Crippen MR) is 56.5 cm³/mol. The second kappa shape index (κ2) is 6.35. The van der Waals surface area contributed by atoms with Crippen LogP contribution >= 0.6 is 0 Å². The first-order chi connectivity index (χ1) is 6.04. The Hall–Kier alpha value is -0.120. The van der Waals surface area contributed by atoms with Gasteiger partial charge in [-0.15, -0.1) is 0 Å². The Morgan fingerprint density at radius 3 is 2.15 bits per heavy atom. The maximum Gasteiger partial charge on any atom is 0.0733 e. The normalized spacial score (nSPS) is 18.7. The van der Waals surface area contributed by atoms with E-state index >= 15 is 0 Å². The number of nitrogens with two attached hydrogens (primary N) is 1. The Balaban J connectivity index is 4.10. The summed E-state index contributed by atoms with van der Waals surface area (Å²) in [5.41, 5.74) is 5.62. The van der Waals surface area contributed by atoms with Crippen LogP contribution in [0.3, 0.4) is 0 Å². The molecule has 3 unspecified atom stereocenters. The zero-order valence-electron chi connectivity index (χ0n) is 9.25. The minimum absolute atomic E-state index is 0.126. The molecule has 0 aromatic rings. The first kappa shape index (κ1) is 12.9. The number of hydrogen-bond acceptors (Lipinski definition) is 3. The predicted octanol–water partition coefficient (Wildman–Crippen LogP) is 0.576. The fourth-order valence-corrected chi connectivity index (χ4v) is 1.62. The summed E-state index contributed by atoms with van der Waals surface area (Å²) in [6, 6.07) is 0.126. The van der Waals surface area contributed by atoms with Crippen molar-refractivity contribution in [2.24, 2.45) is 17.6 Å². The van der Waals surface area contributed by atoms with Crippen LogP contribution in [0, 0.1) is 11.8 Å². The van der Waals surface area contributed by atoms with Gasteiger partial charge in [0.25, 0.3) is 0 Å². The topological polar surface area (TPSA) is 58.3 Å². The van der Waals surface area contributed by atoms with E-state index in [2.05, 4.69) is 19.2 Å². The summed E-state index contributed by atoms with van der Waals surface area (Å²) in [5.74, 6) is 0.621. The molecule has 13 heavy (non-hydrogen) atoms. The van der Waals surface area contributed by atoms with Gasteiger partial charge in [0.2, 0.25) is 0 Å². The van der Waals surface area contributed by atoms with Crippen molar-refractivity contribution in [2.75, 3.05) is 13.1 Å². The van der Waals surface area contributed by atoms with Crippen molar-refractivity contribution < 1.29 is 5.11 Å². The molecular formula is C10H24N2O. The lowest BCUT2D eigenvalue weighted by atomic mass is 9.87. The maximum atomic E-state index is 9.94. The zero-order valence-corrected chi connectivity index (χ0v) is 9.25. The number of hydrogen-bond donors (Lipinski definition) is 3. The van der Waals surface area contributed by atoms with E-state index in [-0.39, 0.29) is 18.1 Å². The van der Waals surface area contributed by atoms with Crippen molar-refractivity contribution >= 4 is 0 Å². The average Bonchev–Trinajstić information content (AvgIpc) is 2.05. The summed E-state index contributed by atoms with van der Waals surface area (Å²) in [6.45, 7) is 9.66. The molecule has 3 atom stereocenters. The monoisotopic (exact) mass is 188 g/mol. The Morgan fingerprint density at radius 1 is 1.31 bits per heavy atom. The van der Waals surface area contributed by atoms with E-state index in [1.54, 1.807) is 0 Å². The van der Waals surface area contributed by atoms with Crippen LogP contribution in [0.25, 0.3) is 0 Å². The maximum absolute atomic E-state index is 9.94. The van der Waals surface area contributed by atoms with Crippen LogP contribution < -0.4 is 11.1 Å². The van der Waals surface area contributed by atoms with Gasteiger partial charge in [0.1, 0.15) is 0 Å². The molecule has 0 saturated carbocycles. The molecule has 4 N–H and O–H groups in total. The highest BCUT2D eigenvalue weighted by atomic mass is 16.3. The second-order valence-electron chi connectivity index (χ2n) is 3.98. The van der Waals surface area contributed by atoms with Crippen LogP contribution in [-0.4, -0.2) is 30.3 Å². The summed E-state index contributed by atoms with van der Waals surface area (Å²) in [5, 5.41) is 13.1. The third-order valence-electron chi connectivity index (χ3n) is 2.61. The fourth-order valence-electron chi connectivity index (χ4n) is 1.62. The van der Waals surface area contributed by atoms with Crippen molar-refractivity contribution in [2.45, 2.75) is 39.8 Å². The second-order valence-corrected chi connectivity index (χ2v) is 3.98. The Labute approximate surface area is 81.7 Å². The van der Waals surface area contributed by atoms with Gasteiger partial charge < -0.3 is 16.2 Å². The highest BCUT2D eigenvalue weighted by Gasteiger charge is 2.25. The van der Waals surface area contributed by atoms with Gasteiger partial charge in [-0.3, -0.25) is 0 Å². The van der Waals surface area contributed by atoms with E-state index in [0.29, 0.717) is 12.5 Å². The first-order valence-corrected chi connectivity index (χ1v) is 5.16. The van der Waals surface area contributed by atoms with Gasteiger partial charge in [0.15, 0.2) is 0 Å². The van der Waals surface area contributed by atoms with Crippen molar-refractivity contribution in [3.05, 3.63) is 0 Å².